The number of halogens is 1. The number of anilines is 1. The minimum absolute atomic E-state index is 0.0643. The van der Waals surface area contributed by atoms with Gasteiger partial charge in [-0.15, -0.1) is 0 Å². The van der Waals surface area contributed by atoms with Crippen molar-refractivity contribution in [2.75, 3.05) is 18.1 Å². The van der Waals surface area contributed by atoms with Crippen LogP contribution in [-0.2, 0) is 9.53 Å². The molecule has 0 N–H and O–H groups in total. The molecule has 2 heterocycles. The SMILES string of the molecule is CC(=O)C(C)(C)C1OCCN1c1ccc(F)nc1. The van der Waals surface area contributed by atoms with Crippen LogP contribution in [-0.4, -0.2) is 30.1 Å². The second kappa shape index (κ2) is 4.65. The van der Waals surface area contributed by atoms with Gasteiger partial charge in [-0.25, -0.2) is 4.98 Å². The van der Waals surface area contributed by atoms with E-state index in [0.29, 0.717) is 13.2 Å². The molecule has 0 aromatic carbocycles. The molecular formula is C13H17FN2O2. The van der Waals surface area contributed by atoms with E-state index in [1.807, 2.05) is 18.7 Å². The zero-order valence-electron chi connectivity index (χ0n) is 10.8. The van der Waals surface area contributed by atoms with Crippen LogP contribution in [0.1, 0.15) is 20.8 Å². The summed E-state index contributed by atoms with van der Waals surface area (Å²) >= 11 is 0. The number of aromatic nitrogens is 1. The van der Waals surface area contributed by atoms with Crippen LogP contribution in [0.4, 0.5) is 10.1 Å². The fourth-order valence-corrected chi connectivity index (χ4v) is 2.04. The van der Waals surface area contributed by atoms with Gasteiger partial charge in [0, 0.05) is 6.54 Å². The predicted octanol–water partition coefficient (Wildman–Crippen LogP) is 2.00. The molecule has 1 unspecified atom stereocenters. The van der Waals surface area contributed by atoms with Gasteiger partial charge in [0.25, 0.3) is 0 Å². The van der Waals surface area contributed by atoms with Crippen LogP contribution in [0.25, 0.3) is 0 Å². The summed E-state index contributed by atoms with van der Waals surface area (Å²) in [5.74, 6) is -0.448. The van der Waals surface area contributed by atoms with E-state index in [4.69, 9.17) is 4.74 Å². The first-order valence-corrected chi connectivity index (χ1v) is 5.94. The van der Waals surface area contributed by atoms with Gasteiger partial charge in [-0.2, -0.15) is 4.39 Å². The van der Waals surface area contributed by atoms with Crippen molar-refractivity contribution in [3.05, 3.63) is 24.3 Å². The maximum atomic E-state index is 12.8. The summed E-state index contributed by atoms with van der Waals surface area (Å²) in [6, 6.07) is 2.96. The van der Waals surface area contributed by atoms with Crippen LogP contribution in [0.3, 0.4) is 0 Å². The van der Waals surface area contributed by atoms with Crippen molar-refractivity contribution in [2.24, 2.45) is 5.41 Å². The molecule has 18 heavy (non-hydrogen) atoms. The van der Waals surface area contributed by atoms with Gasteiger partial charge >= 0.3 is 0 Å². The molecule has 0 bridgehead atoms. The molecule has 1 aliphatic heterocycles. The first-order chi connectivity index (χ1) is 8.43. The lowest BCUT2D eigenvalue weighted by atomic mass is 9.86. The standard InChI is InChI=1S/C13H17FN2O2/c1-9(17)13(2,3)12-16(6-7-18-12)10-4-5-11(14)15-8-10/h4-5,8,12H,6-7H2,1-3H3. The zero-order valence-corrected chi connectivity index (χ0v) is 10.8. The number of ketones is 1. The fourth-order valence-electron chi connectivity index (χ4n) is 2.04. The molecule has 1 aromatic heterocycles. The van der Waals surface area contributed by atoms with Gasteiger partial charge in [0.05, 0.1) is 23.9 Å². The topological polar surface area (TPSA) is 42.4 Å². The Morgan fingerprint density at radius 3 is 2.83 bits per heavy atom. The lowest BCUT2D eigenvalue weighted by Crippen LogP contribution is -2.45. The van der Waals surface area contributed by atoms with Crippen LogP contribution < -0.4 is 4.90 Å². The van der Waals surface area contributed by atoms with Crippen LogP contribution in [0.5, 0.6) is 0 Å². The van der Waals surface area contributed by atoms with Gasteiger partial charge in [0.15, 0.2) is 0 Å². The third-order valence-corrected chi connectivity index (χ3v) is 3.46. The summed E-state index contributed by atoms with van der Waals surface area (Å²) in [4.78, 5) is 17.3. The first-order valence-electron chi connectivity index (χ1n) is 5.94. The average Bonchev–Trinajstić information content (AvgIpc) is 2.79. The fraction of sp³-hybridized carbons (Fsp3) is 0.538. The summed E-state index contributed by atoms with van der Waals surface area (Å²) in [7, 11) is 0. The van der Waals surface area contributed by atoms with Gasteiger partial charge in [-0.05, 0) is 32.9 Å². The monoisotopic (exact) mass is 252 g/mol. The number of hydrogen-bond donors (Lipinski definition) is 0. The van der Waals surface area contributed by atoms with Crippen molar-refractivity contribution in [3.63, 3.8) is 0 Å². The highest BCUT2D eigenvalue weighted by Crippen LogP contribution is 2.33. The Bertz CT molecular complexity index is 445. The van der Waals surface area contributed by atoms with Gasteiger partial charge in [-0.1, -0.05) is 0 Å². The van der Waals surface area contributed by atoms with Gasteiger partial charge in [0.2, 0.25) is 5.95 Å². The van der Waals surface area contributed by atoms with Crippen molar-refractivity contribution in [3.8, 4) is 0 Å². The second-order valence-corrected chi connectivity index (χ2v) is 5.03. The Balaban J connectivity index is 2.27. The van der Waals surface area contributed by atoms with Gasteiger partial charge in [-0.3, -0.25) is 4.79 Å². The quantitative estimate of drug-likeness (QED) is 0.772. The van der Waals surface area contributed by atoms with E-state index in [0.717, 1.165) is 5.69 Å². The average molecular weight is 252 g/mol. The predicted molar refractivity (Wildman–Crippen MR) is 65.7 cm³/mol. The lowest BCUT2D eigenvalue weighted by molar-refractivity contribution is -0.131. The number of ether oxygens (including phenoxy) is 1. The Kier molecular flexibility index (Phi) is 3.34. The molecule has 1 atom stereocenters. The van der Waals surface area contributed by atoms with Crippen molar-refractivity contribution >= 4 is 11.5 Å². The number of nitrogens with zero attached hydrogens (tertiary/aromatic N) is 2. The molecule has 1 aliphatic rings. The van der Waals surface area contributed by atoms with E-state index in [2.05, 4.69) is 4.98 Å². The molecule has 98 valence electrons. The molecule has 0 amide bonds. The summed E-state index contributed by atoms with van der Waals surface area (Å²) in [6.45, 7) is 6.50. The van der Waals surface area contributed by atoms with Crippen molar-refractivity contribution in [1.82, 2.24) is 4.98 Å². The zero-order chi connectivity index (χ0) is 13.3. The van der Waals surface area contributed by atoms with Gasteiger partial charge < -0.3 is 9.64 Å². The van der Waals surface area contributed by atoms with E-state index in [9.17, 15) is 9.18 Å². The van der Waals surface area contributed by atoms with Crippen LogP contribution in [0, 0.1) is 11.4 Å². The minimum atomic E-state index is -0.606. The highest BCUT2D eigenvalue weighted by molar-refractivity contribution is 5.82. The summed E-state index contributed by atoms with van der Waals surface area (Å²) in [5, 5.41) is 0. The Morgan fingerprint density at radius 1 is 1.56 bits per heavy atom. The van der Waals surface area contributed by atoms with Crippen LogP contribution in [0.15, 0.2) is 18.3 Å². The molecule has 1 aromatic rings. The third-order valence-electron chi connectivity index (χ3n) is 3.46. The molecule has 0 saturated carbocycles. The Hall–Kier alpha value is -1.49. The Morgan fingerprint density at radius 2 is 2.28 bits per heavy atom. The molecule has 5 heteroatoms. The highest BCUT2D eigenvalue weighted by Gasteiger charge is 2.42. The summed E-state index contributed by atoms with van der Waals surface area (Å²) in [6.07, 6.45) is 1.13. The second-order valence-electron chi connectivity index (χ2n) is 5.03. The third kappa shape index (κ3) is 2.22. The summed E-state index contributed by atoms with van der Waals surface area (Å²) in [5.41, 5.74) is 0.165. The van der Waals surface area contributed by atoms with E-state index in [-0.39, 0.29) is 12.0 Å². The van der Waals surface area contributed by atoms with E-state index in [1.54, 1.807) is 13.0 Å². The Labute approximate surface area is 106 Å². The molecule has 0 aliphatic carbocycles. The molecule has 1 saturated heterocycles. The number of carbonyl (C=O) groups is 1. The number of rotatable bonds is 3. The largest absolute Gasteiger partial charge is 0.355 e. The van der Waals surface area contributed by atoms with Crippen molar-refractivity contribution in [1.29, 1.82) is 0 Å². The maximum Gasteiger partial charge on any atom is 0.212 e. The van der Waals surface area contributed by atoms with Crippen LogP contribution in [0.2, 0.25) is 0 Å². The molecule has 4 nitrogen and oxygen atoms in total. The number of Topliss-reactive ketones (excluding diaryl/α,β-unsaturated/α-hetero) is 1. The number of carbonyl (C=O) groups excluding carboxylic acids is 1. The van der Waals surface area contributed by atoms with Crippen molar-refractivity contribution < 1.29 is 13.9 Å². The minimum Gasteiger partial charge on any atom is -0.355 e. The normalized spacial score (nSPS) is 20.2. The highest BCUT2D eigenvalue weighted by atomic mass is 19.1. The summed E-state index contributed by atoms with van der Waals surface area (Å²) < 4.78 is 18.5. The van der Waals surface area contributed by atoms with E-state index < -0.39 is 11.4 Å². The van der Waals surface area contributed by atoms with Crippen LogP contribution >= 0.6 is 0 Å². The van der Waals surface area contributed by atoms with E-state index in [1.165, 1.54) is 12.3 Å². The molecule has 1 fully saturated rings. The van der Waals surface area contributed by atoms with E-state index >= 15 is 0 Å². The lowest BCUT2D eigenvalue weighted by Gasteiger charge is -2.35. The number of pyridine rings is 1. The molecule has 0 spiro atoms. The molecular weight excluding hydrogens is 235 g/mol. The smallest absolute Gasteiger partial charge is 0.212 e. The first kappa shape index (κ1) is 13.0. The molecule has 2 rings (SSSR count). The van der Waals surface area contributed by atoms with Gasteiger partial charge in [0.1, 0.15) is 12.0 Å². The number of hydrogen-bond acceptors (Lipinski definition) is 4. The molecule has 0 radical (unpaired) electrons. The maximum absolute atomic E-state index is 12.8. The van der Waals surface area contributed by atoms with Crippen molar-refractivity contribution in [2.45, 2.75) is 27.0 Å².